The third-order valence-electron chi connectivity index (χ3n) is 3.65. The molecule has 0 aliphatic rings. The summed E-state index contributed by atoms with van der Waals surface area (Å²) < 4.78 is 33.9. The Morgan fingerprint density at radius 2 is 1.71 bits per heavy atom. The largest absolute Gasteiger partial charge is 0.415 e. The summed E-state index contributed by atoms with van der Waals surface area (Å²) in [5.41, 5.74) is 1.59. The van der Waals surface area contributed by atoms with Gasteiger partial charge in [-0.15, -0.1) is 4.28 Å². The maximum Gasteiger partial charge on any atom is 0.415 e. The van der Waals surface area contributed by atoms with Crippen LogP contribution in [0.25, 0.3) is 11.4 Å². The molecule has 0 amide bonds. The second kappa shape index (κ2) is 10.4. The molecule has 0 saturated carbocycles. The van der Waals surface area contributed by atoms with E-state index in [1.165, 1.54) is 13.4 Å². The first kappa shape index (κ1) is 22.1. The van der Waals surface area contributed by atoms with Crippen molar-refractivity contribution in [3.05, 3.63) is 36.2 Å². The van der Waals surface area contributed by atoms with Gasteiger partial charge < -0.3 is 4.90 Å². The fourth-order valence-corrected chi connectivity index (χ4v) is 2.81. The molecule has 0 atom stereocenters. The van der Waals surface area contributed by atoms with Gasteiger partial charge in [0, 0.05) is 25.7 Å². The van der Waals surface area contributed by atoms with E-state index in [1.54, 1.807) is 12.1 Å². The molecule has 0 unspecified atom stereocenters. The number of aromatic nitrogens is 3. The van der Waals surface area contributed by atoms with Gasteiger partial charge in [0.05, 0.1) is 6.61 Å². The van der Waals surface area contributed by atoms with Gasteiger partial charge in [-0.2, -0.15) is 13.4 Å². The summed E-state index contributed by atoms with van der Waals surface area (Å²) in [5.74, 6) is 1.23. The fourth-order valence-electron chi connectivity index (χ4n) is 2.50. The molecule has 10 nitrogen and oxygen atoms in total. The Morgan fingerprint density at radius 3 is 2.29 bits per heavy atom. The normalized spacial score (nSPS) is 11.8. The number of rotatable bonds is 11. The first-order valence-corrected chi connectivity index (χ1v) is 10.3. The molecular weight excluding hydrogens is 386 g/mol. The van der Waals surface area contributed by atoms with E-state index in [1.807, 2.05) is 12.1 Å². The molecule has 154 valence electrons. The van der Waals surface area contributed by atoms with Crippen LogP contribution in [0.3, 0.4) is 0 Å². The zero-order valence-corrected chi connectivity index (χ0v) is 17.0. The number of anilines is 1. The van der Waals surface area contributed by atoms with Crippen molar-refractivity contribution >= 4 is 16.3 Å². The Balaban J connectivity index is 2.05. The molecule has 1 aromatic carbocycles. The van der Waals surface area contributed by atoms with E-state index in [0.29, 0.717) is 17.0 Å². The van der Waals surface area contributed by atoms with Crippen LogP contribution >= 0.6 is 0 Å². The highest BCUT2D eigenvalue weighted by atomic mass is 32.3. The third kappa shape index (κ3) is 7.09. The van der Waals surface area contributed by atoms with Crippen molar-refractivity contribution in [1.82, 2.24) is 20.2 Å². The molecule has 2 rings (SSSR count). The third-order valence-corrected chi connectivity index (χ3v) is 4.05. The highest BCUT2D eigenvalue weighted by Crippen LogP contribution is 2.18. The number of benzene rings is 1. The molecule has 0 radical (unpaired) electrons. The summed E-state index contributed by atoms with van der Waals surface area (Å²) in [4.78, 5) is 20.3. The minimum absolute atomic E-state index is 0.0511. The predicted octanol–water partition coefficient (Wildman–Crippen LogP) is 2.26. The topological polar surface area (TPSA) is 118 Å². The Kier molecular flexibility index (Phi) is 8.20. The SMILES string of the molecule is CCCN(CCC)c1ncnc(-c2ccc(CON(C)OS(=O)(=O)O)cc2)n1. The summed E-state index contributed by atoms with van der Waals surface area (Å²) in [6.45, 7) is 6.04. The maximum atomic E-state index is 10.6. The highest BCUT2D eigenvalue weighted by Gasteiger charge is 2.12. The second-order valence-corrected chi connectivity index (χ2v) is 7.01. The van der Waals surface area contributed by atoms with Crippen molar-refractivity contribution in [2.45, 2.75) is 33.3 Å². The van der Waals surface area contributed by atoms with Gasteiger partial charge in [-0.3, -0.25) is 9.39 Å². The molecule has 0 spiro atoms. The maximum absolute atomic E-state index is 10.6. The van der Waals surface area contributed by atoms with Crippen molar-refractivity contribution in [3.8, 4) is 11.4 Å². The second-order valence-electron chi connectivity index (χ2n) is 6.01. The Labute approximate surface area is 165 Å². The number of nitrogens with zero attached hydrogens (tertiary/aromatic N) is 5. The summed E-state index contributed by atoms with van der Waals surface area (Å²) in [5, 5.41) is 0.567. The van der Waals surface area contributed by atoms with E-state index in [9.17, 15) is 8.42 Å². The zero-order chi connectivity index (χ0) is 20.6. The summed E-state index contributed by atoms with van der Waals surface area (Å²) in [6, 6.07) is 7.28. The number of hydroxylamine groups is 2. The van der Waals surface area contributed by atoms with Crippen molar-refractivity contribution in [2.24, 2.45) is 0 Å². The molecule has 1 N–H and O–H groups in total. The summed E-state index contributed by atoms with van der Waals surface area (Å²) in [7, 11) is -3.40. The van der Waals surface area contributed by atoms with Crippen LogP contribution in [-0.2, 0) is 26.1 Å². The molecule has 11 heteroatoms. The van der Waals surface area contributed by atoms with Crippen LogP contribution in [0.1, 0.15) is 32.3 Å². The smallest absolute Gasteiger partial charge is 0.341 e. The molecule has 0 fully saturated rings. The zero-order valence-electron chi connectivity index (χ0n) is 16.1. The average Bonchev–Trinajstić information content (AvgIpc) is 2.65. The van der Waals surface area contributed by atoms with Gasteiger partial charge in [0.2, 0.25) is 5.95 Å². The van der Waals surface area contributed by atoms with Gasteiger partial charge in [0.15, 0.2) is 5.82 Å². The molecule has 1 heterocycles. The summed E-state index contributed by atoms with van der Waals surface area (Å²) >= 11 is 0. The van der Waals surface area contributed by atoms with E-state index >= 15 is 0 Å². The van der Waals surface area contributed by atoms with Gasteiger partial charge in [0.1, 0.15) is 6.33 Å². The first-order valence-electron chi connectivity index (χ1n) is 8.89. The standard InChI is InChI=1S/C17H25N5O5S/c1-4-10-22(11-5-2)17-19-13-18-16(20-17)15-8-6-14(7-9-15)12-26-21(3)27-28(23,24)25/h6-9,13H,4-5,10-12H2,1-3H3,(H,23,24,25). The lowest BCUT2D eigenvalue weighted by Crippen LogP contribution is -2.27. The van der Waals surface area contributed by atoms with E-state index in [0.717, 1.165) is 37.1 Å². The van der Waals surface area contributed by atoms with E-state index in [-0.39, 0.29) is 6.61 Å². The fraction of sp³-hybridized carbons (Fsp3) is 0.471. The van der Waals surface area contributed by atoms with Crippen LogP contribution < -0.4 is 4.90 Å². The van der Waals surface area contributed by atoms with E-state index in [4.69, 9.17) is 9.39 Å². The molecular formula is C17H25N5O5S. The molecule has 0 saturated heterocycles. The first-order chi connectivity index (χ1) is 13.3. The van der Waals surface area contributed by atoms with Crippen LogP contribution in [0, 0.1) is 0 Å². The van der Waals surface area contributed by atoms with Crippen molar-refractivity contribution in [3.63, 3.8) is 0 Å². The lowest BCUT2D eigenvalue weighted by atomic mass is 10.1. The van der Waals surface area contributed by atoms with E-state index < -0.39 is 10.4 Å². The lowest BCUT2D eigenvalue weighted by Gasteiger charge is -2.21. The van der Waals surface area contributed by atoms with Crippen LogP contribution in [-0.4, -0.2) is 53.3 Å². The van der Waals surface area contributed by atoms with Gasteiger partial charge in [0.25, 0.3) is 0 Å². The van der Waals surface area contributed by atoms with Gasteiger partial charge in [-0.1, -0.05) is 38.1 Å². The van der Waals surface area contributed by atoms with Crippen molar-refractivity contribution in [2.75, 3.05) is 25.0 Å². The predicted molar refractivity (Wildman–Crippen MR) is 103 cm³/mol. The molecule has 0 aliphatic heterocycles. The molecule has 0 aliphatic carbocycles. The van der Waals surface area contributed by atoms with Crippen molar-refractivity contribution < 1.29 is 22.1 Å². The van der Waals surface area contributed by atoms with Crippen LogP contribution in [0.5, 0.6) is 0 Å². The van der Waals surface area contributed by atoms with Crippen LogP contribution in [0.4, 0.5) is 5.95 Å². The molecule has 1 aromatic heterocycles. The van der Waals surface area contributed by atoms with Gasteiger partial charge in [-0.25, -0.2) is 9.97 Å². The monoisotopic (exact) mass is 411 g/mol. The molecule has 0 bridgehead atoms. The van der Waals surface area contributed by atoms with Gasteiger partial charge in [-0.05, 0) is 23.6 Å². The lowest BCUT2D eigenvalue weighted by molar-refractivity contribution is -0.308. The molecule has 28 heavy (non-hydrogen) atoms. The minimum atomic E-state index is -4.62. The van der Waals surface area contributed by atoms with Crippen molar-refractivity contribution in [1.29, 1.82) is 0 Å². The number of hydrogen-bond donors (Lipinski definition) is 1. The molecule has 2 aromatic rings. The van der Waals surface area contributed by atoms with Crippen LogP contribution in [0.2, 0.25) is 0 Å². The quantitative estimate of drug-likeness (QED) is 0.436. The Bertz CT molecular complexity index is 841. The summed E-state index contributed by atoms with van der Waals surface area (Å²) in [6.07, 6.45) is 3.52. The Hall–Kier alpha value is -2.18. The number of hydrogen-bond acceptors (Lipinski definition) is 9. The van der Waals surface area contributed by atoms with Crippen LogP contribution in [0.15, 0.2) is 30.6 Å². The minimum Gasteiger partial charge on any atom is -0.341 e. The average molecular weight is 411 g/mol. The van der Waals surface area contributed by atoms with E-state index in [2.05, 4.69) is 38.0 Å². The Morgan fingerprint density at radius 1 is 1.07 bits per heavy atom. The van der Waals surface area contributed by atoms with Gasteiger partial charge >= 0.3 is 10.4 Å². The highest BCUT2D eigenvalue weighted by molar-refractivity contribution is 7.80.